The number of hydrogen-bond donors (Lipinski definition) is 0. The molecule has 0 spiro atoms. The Balaban J connectivity index is 2.00. The van der Waals surface area contributed by atoms with Gasteiger partial charge in [-0.3, -0.25) is 4.79 Å². The summed E-state index contributed by atoms with van der Waals surface area (Å²) in [5.41, 5.74) is 1.61. The van der Waals surface area contributed by atoms with Crippen molar-refractivity contribution in [2.24, 2.45) is 0 Å². The number of amides is 1. The normalized spacial score (nSPS) is 16.0. The van der Waals surface area contributed by atoms with E-state index in [1.165, 1.54) is 6.42 Å². The second kappa shape index (κ2) is 4.89. The molecule has 2 aromatic rings. The van der Waals surface area contributed by atoms with Crippen LogP contribution in [0, 0.1) is 6.92 Å². The number of benzene rings is 1. The number of piperidine rings is 1. The molecular formula is C15H16ClNO2. The van der Waals surface area contributed by atoms with Crippen molar-refractivity contribution >= 4 is 28.5 Å². The molecule has 0 bridgehead atoms. The number of carbonyl (C=O) groups is 1. The average Bonchev–Trinajstić information content (AvgIpc) is 2.76. The second-order valence-electron chi connectivity index (χ2n) is 5.05. The number of hydrogen-bond acceptors (Lipinski definition) is 2. The molecule has 19 heavy (non-hydrogen) atoms. The predicted molar refractivity (Wildman–Crippen MR) is 75.7 cm³/mol. The first-order chi connectivity index (χ1) is 9.16. The Bertz CT molecular complexity index is 626. The van der Waals surface area contributed by atoms with Crippen LogP contribution in [-0.4, -0.2) is 23.9 Å². The van der Waals surface area contributed by atoms with Gasteiger partial charge in [0, 0.05) is 29.1 Å². The summed E-state index contributed by atoms with van der Waals surface area (Å²) in [6.45, 7) is 3.57. The van der Waals surface area contributed by atoms with Gasteiger partial charge in [0.15, 0.2) is 5.76 Å². The molecule has 1 fully saturated rings. The van der Waals surface area contributed by atoms with E-state index in [-0.39, 0.29) is 5.91 Å². The summed E-state index contributed by atoms with van der Waals surface area (Å²) in [6, 6.07) is 5.45. The van der Waals surface area contributed by atoms with E-state index in [1.807, 2.05) is 24.0 Å². The van der Waals surface area contributed by atoms with E-state index in [0.29, 0.717) is 10.8 Å². The van der Waals surface area contributed by atoms with Crippen molar-refractivity contribution in [3.8, 4) is 0 Å². The van der Waals surface area contributed by atoms with Crippen molar-refractivity contribution in [1.29, 1.82) is 0 Å². The predicted octanol–water partition coefficient (Wildman–Crippen LogP) is 4.02. The fourth-order valence-corrected chi connectivity index (χ4v) is 2.81. The van der Waals surface area contributed by atoms with Gasteiger partial charge in [-0.15, -0.1) is 0 Å². The van der Waals surface area contributed by atoms with Crippen LogP contribution in [0.4, 0.5) is 0 Å². The molecule has 0 aliphatic carbocycles. The molecule has 4 heteroatoms. The summed E-state index contributed by atoms with van der Waals surface area (Å²) < 4.78 is 5.72. The number of halogens is 1. The van der Waals surface area contributed by atoms with Gasteiger partial charge in [-0.05, 0) is 44.4 Å². The fourth-order valence-electron chi connectivity index (χ4n) is 2.64. The zero-order chi connectivity index (χ0) is 13.4. The van der Waals surface area contributed by atoms with Crippen LogP contribution in [0.1, 0.15) is 35.4 Å². The summed E-state index contributed by atoms with van der Waals surface area (Å²) in [4.78, 5) is 14.4. The van der Waals surface area contributed by atoms with Gasteiger partial charge in [0.1, 0.15) is 5.58 Å². The lowest BCUT2D eigenvalue weighted by Gasteiger charge is -2.25. The van der Waals surface area contributed by atoms with Crippen molar-refractivity contribution in [1.82, 2.24) is 4.90 Å². The highest BCUT2D eigenvalue weighted by molar-refractivity contribution is 6.31. The average molecular weight is 278 g/mol. The maximum absolute atomic E-state index is 12.5. The van der Waals surface area contributed by atoms with Crippen molar-refractivity contribution in [3.63, 3.8) is 0 Å². The Kier molecular flexibility index (Phi) is 3.23. The van der Waals surface area contributed by atoms with E-state index in [2.05, 4.69) is 0 Å². The zero-order valence-corrected chi connectivity index (χ0v) is 11.7. The Labute approximate surface area is 117 Å². The van der Waals surface area contributed by atoms with Crippen LogP contribution in [0.25, 0.3) is 11.0 Å². The van der Waals surface area contributed by atoms with Crippen LogP contribution in [0.2, 0.25) is 5.02 Å². The molecule has 1 aliphatic heterocycles. The molecule has 2 heterocycles. The highest BCUT2D eigenvalue weighted by atomic mass is 35.5. The first-order valence-electron chi connectivity index (χ1n) is 6.65. The fraction of sp³-hybridized carbons (Fsp3) is 0.400. The number of nitrogens with zero attached hydrogens (tertiary/aromatic N) is 1. The second-order valence-corrected chi connectivity index (χ2v) is 5.49. The number of furan rings is 1. The minimum atomic E-state index is 0.00419. The van der Waals surface area contributed by atoms with Gasteiger partial charge in [0.2, 0.25) is 0 Å². The molecule has 1 aromatic carbocycles. The summed E-state index contributed by atoms with van der Waals surface area (Å²) in [5, 5.41) is 1.58. The molecule has 1 aliphatic rings. The molecule has 1 saturated heterocycles. The van der Waals surface area contributed by atoms with E-state index in [0.717, 1.165) is 42.5 Å². The number of fused-ring (bicyclic) bond motifs is 1. The van der Waals surface area contributed by atoms with Crippen LogP contribution in [0.15, 0.2) is 22.6 Å². The largest absolute Gasteiger partial charge is 0.451 e. The van der Waals surface area contributed by atoms with Gasteiger partial charge in [-0.25, -0.2) is 0 Å². The van der Waals surface area contributed by atoms with Gasteiger partial charge in [0.25, 0.3) is 5.91 Å². The van der Waals surface area contributed by atoms with Crippen molar-refractivity contribution in [3.05, 3.63) is 34.5 Å². The van der Waals surface area contributed by atoms with Crippen molar-refractivity contribution in [2.45, 2.75) is 26.2 Å². The molecule has 0 radical (unpaired) electrons. The van der Waals surface area contributed by atoms with E-state index in [1.54, 1.807) is 6.07 Å². The Morgan fingerprint density at radius 2 is 2.00 bits per heavy atom. The topological polar surface area (TPSA) is 33.5 Å². The highest BCUT2D eigenvalue weighted by Gasteiger charge is 2.24. The first kappa shape index (κ1) is 12.5. The van der Waals surface area contributed by atoms with Crippen LogP contribution in [-0.2, 0) is 0 Å². The smallest absolute Gasteiger partial charge is 0.289 e. The van der Waals surface area contributed by atoms with Gasteiger partial charge in [0.05, 0.1) is 0 Å². The summed E-state index contributed by atoms with van der Waals surface area (Å²) in [6.07, 6.45) is 3.37. The number of carbonyl (C=O) groups excluding carboxylic acids is 1. The van der Waals surface area contributed by atoms with Crippen molar-refractivity contribution in [2.75, 3.05) is 13.1 Å². The Morgan fingerprint density at radius 1 is 1.26 bits per heavy atom. The van der Waals surface area contributed by atoms with E-state index in [9.17, 15) is 4.79 Å². The third-order valence-corrected chi connectivity index (χ3v) is 3.97. The van der Waals surface area contributed by atoms with Gasteiger partial charge in [-0.2, -0.15) is 0 Å². The molecule has 0 unspecified atom stereocenters. The minimum Gasteiger partial charge on any atom is -0.451 e. The standard InChI is InChI=1S/C15H16ClNO2/c1-10-12-9-11(16)5-6-13(12)19-14(10)15(18)17-7-3-2-4-8-17/h5-6,9H,2-4,7-8H2,1H3. The van der Waals surface area contributed by atoms with Gasteiger partial charge in [-0.1, -0.05) is 11.6 Å². The molecule has 1 aromatic heterocycles. The van der Waals surface area contributed by atoms with E-state index in [4.69, 9.17) is 16.0 Å². The van der Waals surface area contributed by atoms with E-state index >= 15 is 0 Å². The Hall–Kier alpha value is -1.48. The van der Waals surface area contributed by atoms with Gasteiger partial charge < -0.3 is 9.32 Å². The lowest BCUT2D eigenvalue weighted by molar-refractivity contribution is 0.0693. The maximum atomic E-state index is 12.5. The molecule has 1 amide bonds. The molecule has 0 saturated carbocycles. The van der Waals surface area contributed by atoms with Crippen LogP contribution in [0.5, 0.6) is 0 Å². The molecule has 3 rings (SSSR count). The zero-order valence-electron chi connectivity index (χ0n) is 10.9. The monoisotopic (exact) mass is 277 g/mol. The summed E-state index contributed by atoms with van der Waals surface area (Å²) >= 11 is 5.99. The summed E-state index contributed by atoms with van der Waals surface area (Å²) in [7, 11) is 0. The minimum absolute atomic E-state index is 0.00419. The highest BCUT2D eigenvalue weighted by Crippen LogP contribution is 2.29. The third kappa shape index (κ3) is 2.23. The summed E-state index contributed by atoms with van der Waals surface area (Å²) in [5.74, 6) is 0.462. The third-order valence-electron chi connectivity index (χ3n) is 3.74. The Morgan fingerprint density at radius 3 is 2.74 bits per heavy atom. The van der Waals surface area contributed by atoms with Crippen LogP contribution >= 0.6 is 11.6 Å². The number of likely N-dealkylation sites (tertiary alicyclic amines) is 1. The first-order valence-corrected chi connectivity index (χ1v) is 7.02. The number of rotatable bonds is 1. The molecule has 0 atom stereocenters. The van der Waals surface area contributed by atoms with Crippen LogP contribution < -0.4 is 0 Å². The number of aryl methyl sites for hydroxylation is 1. The lowest BCUT2D eigenvalue weighted by atomic mass is 10.1. The quantitative estimate of drug-likeness (QED) is 0.789. The maximum Gasteiger partial charge on any atom is 0.289 e. The lowest BCUT2D eigenvalue weighted by Crippen LogP contribution is -2.35. The van der Waals surface area contributed by atoms with E-state index < -0.39 is 0 Å². The molecule has 100 valence electrons. The molecule has 3 nitrogen and oxygen atoms in total. The molecule has 0 N–H and O–H groups in total. The van der Waals surface area contributed by atoms with Crippen LogP contribution in [0.3, 0.4) is 0 Å². The SMILES string of the molecule is Cc1c(C(=O)N2CCCCC2)oc2ccc(Cl)cc12. The van der Waals surface area contributed by atoms with Gasteiger partial charge >= 0.3 is 0 Å². The van der Waals surface area contributed by atoms with Crippen molar-refractivity contribution < 1.29 is 9.21 Å². The molecular weight excluding hydrogens is 262 g/mol.